The lowest BCUT2D eigenvalue weighted by Gasteiger charge is -2.07. The van der Waals surface area contributed by atoms with Crippen LogP contribution in [0.5, 0.6) is 5.75 Å². The smallest absolute Gasteiger partial charge is 0.194 e. The number of aryl methyl sites for hydroxylation is 1. The number of nitrogen functional groups attached to an aromatic ring is 1. The molecule has 0 bridgehead atoms. The first-order chi connectivity index (χ1) is 8.20. The average molecular weight is 249 g/mol. The van der Waals surface area contributed by atoms with Crippen LogP contribution in [0.15, 0.2) is 28.9 Å². The molecule has 2 heterocycles. The summed E-state index contributed by atoms with van der Waals surface area (Å²) in [5.74, 6) is 0.749. The molecule has 2 rings (SSSR count). The third kappa shape index (κ3) is 2.62. The van der Waals surface area contributed by atoms with Crippen LogP contribution in [-0.2, 0) is 0 Å². The first kappa shape index (κ1) is 11.6. The van der Waals surface area contributed by atoms with Crippen LogP contribution in [0.25, 0.3) is 0 Å². The molecule has 7 heteroatoms. The van der Waals surface area contributed by atoms with Crippen molar-refractivity contribution in [1.82, 2.24) is 19.9 Å². The SMILES string of the molecule is COc1c(N)ncnc1Sc1ncc(C)cn1. The minimum absolute atomic E-state index is 0.303. The van der Waals surface area contributed by atoms with E-state index in [9.17, 15) is 0 Å². The highest BCUT2D eigenvalue weighted by atomic mass is 32.2. The van der Waals surface area contributed by atoms with Crippen molar-refractivity contribution in [2.24, 2.45) is 0 Å². The third-order valence-corrected chi connectivity index (χ3v) is 2.83. The topological polar surface area (TPSA) is 86.8 Å². The van der Waals surface area contributed by atoms with Crippen LogP contribution in [0.4, 0.5) is 5.82 Å². The van der Waals surface area contributed by atoms with E-state index in [1.807, 2.05) is 6.92 Å². The maximum atomic E-state index is 5.68. The molecule has 0 radical (unpaired) electrons. The standard InChI is InChI=1S/C10H11N5OS/c1-6-3-12-10(13-4-6)17-9-7(16-2)8(11)14-5-15-9/h3-5H,1-2H3,(H2,11,14,15). The Hall–Kier alpha value is -1.89. The number of ether oxygens (including phenoxy) is 1. The Morgan fingerprint density at radius 1 is 1.18 bits per heavy atom. The quantitative estimate of drug-likeness (QED) is 0.648. The zero-order chi connectivity index (χ0) is 12.3. The minimum atomic E-state index is 0.303. The number of nitrogens with two attached hydrogens (primary N) is 1. The first-order valence-electron chi connectivity index (χ1n) is 4.81. The molecule has 0 aromatic carbocycles. The summed E-state index contributed by atoms with van der Waals surface area (Å²) in [6.45, 7) is 1.93. The molecule has 2 aromatic rings. The highest BCUT2D eigenvalue weighted by Gasteiger charge is 2.12. The maximum absolute atomic E-state index is 5.68. The Labute approximate surface area is 103 Å². The number of hydrogen-bond acceptors (Lipinski definition) is 7. The Bertz CT molecular complexity index is 517. The van der Waals surface area contributed by atoms with Crippen molar-refractivity contribution in [3.63, 3.8) is 0 Å². The van der Waals surface area contributed by atoms with E-state index in [0.717, 1.165) is 5.56 Å². The molecule has 0 aliphatic heterocycles. The lowest BCUT2D eigenvalue weighted by molar-refractivity contribution is 0.401. The van der Waals surface area contributed by atoms with Crippen LogP contribution in [0.2, 0.25) is 0 Å². The Balaban J connectivity index is 2.29. The van der Waals surface area contributed by atoms with Crippen molar-refractivity contribution in [3.05, 3.63) is 24.3 Å². The summed E-state index contributed by atoms with van der Waals surface area (Å²) in [7, 11) is 1.52. The van der Waals surface area contributed by atoms with E-state index in [0.29, 0.717) is 21.7 Å². The summed E-state index contributed by atoms with van der Waals surface area (Å²) < 4.78 is 5.15. The fourth-order valence-electron chi connectivity index (χ4n) is 1.15. The van der Waals surface area contributed by atoms with Crippen molar-refractivity contribution in [3.8, 4) is 5.75 Å². The van der Waals surface area contributed by atoms with E-state index in [4.69, 9.17) is 10.5 Å². The van der Waals surface area contributed by atoms with Gasteiger partial charge in [-0.2, -0.15) is 0 Å². The van der Waals surface area contributed by atoms with E-state index in [-0.39, 0.29) is 0 Å². The van der Waals surface area contributed by atoms with Crippen molar-refractivity contribution in [2.45, 2.75) is 17.1 Å². The van der Waals surface area contributed by atoms with Gasteiger partial charge in [0.05, 0.1) is 7.11 Å². The maximum Gasteiger partial charge on any atom is 0.194 e. The van der Waals surface area contributed by atoms with Gasteiger partial charge in [0.25, 0.3) is 0 Å². The van der Waals surface area contributed by atoms with Gasteiger partial charge < -0.3 is 10.5 Å². The summed E-state index contributed by atoms with van der Waals surface area (Å²) >= 11 is 1.28. The van der Waals surface area contributed by atoms with Crippen LogP contribution in [0, 0.1) is 6.92 Å². The normalized spacial score (nSPS) is 10.2. The molecule has 0 saturated carbocycles. The molecule has 2 aromatic heterocycles. The Morgan fingerprint density at radius 2 is 1.88 bits per heavy atom. The molecule has 0 atom stereocenters. The fraction of sp³-hybridized carbons (Fsp3) is 0.200. The van der Waals surface area contributed by atoms with E-state index >= 15 is 0 Å². The molecular weight excluding hydrogens is 238 g/mol. The molecule has 0 fully saturated rings. The second-order valence-corrected chi connectivity index (χ2v) is 4.20. The van der Waals surface area contributed by atoms with Gasteiger partial charge in [0, 0.05) is 12.4 Å². The molecule has 17 heavy (non-hydrogen) atoms. The van der Waals surface area contributed by atoms with Crippen molar-refractivity contribution >= 4 is 17.6 Å². The molecule has 0 amide bonds. The highest BCUT2D eigenvalue weighted by Crippen LogP contribution is 2.33. The summed E-state index contributed by atoms with van der Waals surface area (Å²) in [4.78, 5) is 16.3. The average Bonchev–Trinajstić information content (AvgIpc) is 2.32. The van der Waals surface area contributed by atoms with Crippen LogP contribution in [-0.4, -0.2) is 27.0 Å². The zero-order valence-electron chi connectivity index (χ0n) is 9.41. The predicted molar refractivity (Wildman–Crippen MR) is 63.9 cm³/mol. The highest BCUT2D eigenvalue weighted by molar-refractivity contribution is 7.99. The van der Waals surface area contributed by atoms with Gasteiger partial charge in [-0.05, 0) is 24.2 Å². The predicted octanol–water partition coefficient (Wildman–Crippen LogP) is 1.32. The molecule has 2 N–H and O–H groups in total. The monoisotopic (exact) mass is 249 g/mol. The van der Waals surface area contributed by atoms with Gasteiger partial charge in [-0.15, -0.1) is 0 Å². The molecule has 0 aliphatic carbocycles. The van der Waals surface area contributed by atoms with Crippen LogP contribution < -0.4 is 10.5 Å². The van der Waals surface area contributed by atoms with Crippen LogP contribution in [0.1, 0.15) is 5.56 Å². The van der Waals surface area contributed by atoms with Gasteiger partial charge in [0.2, 0.25) is 0 Å². The third-order valence-electron chi connectivity index (χ3n) is 1.95. The van der Waals surface area contributed by atoms with Gasteiger partial charge in [0.1, 0.15) is 6.33 Å². The van der Waals surface area contributed by atoms with E-state index in [2.05, 4.69) is 19.9 Å². The van der Waals surface area contributed by atoms with E-state index in [1.165, 1.54) is 25.2 Å². The molecular formula is C10H11N5OS. The Kier molecular flexibility index (Phi) is 3.38. The summed E-state index contributed by atoms with van der Waals surface area (Å²) in [6, 6.07) is 0. The Morgan fingerprint density at radius 3 is 2.53 bits per heavy atom. The number of hydrogen-bond donors (Lipinski definition) is 1. The summed E-state index contributed by atoms with van der Waals surface area (Å²) in [5, 5.41) is 1.19. The minimum Gasteiger partial charge on any atom is -0.490 e. The van der Waals surface area contributed by atoms with Gasteiger partial charge in [-0.1, -0.05) is 0 Å². The number of aromatic nitrogens is 4. The van der Waals surface area contributed by atoms with Gasteiger partial charge in [-0.25, -0.2) is 19.9 Å². The number of anilines is 1. The van der Waals surface area contributed by atoms with Gasteiger partial charge in [0.15, 0.2) is 21.7 Å². The molecule has 88 valence electrons. The summed E-state index contributed by atoms with van der Waals surface area (Å²) in [6.07, 6.45) is 4.87. The first-order valence-corrected chi connectivity index (χ1v) is 5.63. The van der Waals surface area contributed by atoms with E-state index in [1.54, 1.807) is 12.4 Å². The summed E-state index contributed by atoms with van der Waals surface area (Å²) in [5.41, 5.74) is 6.68. The lowest BCUT2D eigenvalue weighted by Crippen LogP contribution is -1.99. The zero-order valence-corrected chi connectivity index (χ0v) is 10.2. The lowest BCUT2D eigenvalue weighted by atomic mass is 10.4. The second kappa shape index (κ2) is 4.96. The molecule has 0 unspecified atom stereocenters. The van der Waals surface area contributed by atoms with Crippen LogP contribution in [0.3, 0.4) is 0 Å². The van der Waals surface area contributed by atoms with Gasteiger partial charge >= 0.3 is 0 Å². The fourth-order valence-corrected chi connectivity index (χ4v) is 1.92. The second-order valence-electron chi connectivity index (χ2n) is 3.24. The number of rotatable bonds is 3. The largest absolute Gasteiger partial charge is 0.490 e. The number of nitrogens with zero attached hydrogens (tertiary/aromatic N) is 4. The van der Waals surface area contributed by atoms with Crippen molar-refractivity contribution < 1.29 is 4.74 Å². The van der Waals surface area contributed by atoms with Crippen molar-refractivity contribution in [1.29, 1.82) is 0 Å². The molecule has 6 nitrogen and oxygen atoms in total. The van der Waals surface area contributed by atoms with Crippen LogP contribution >= 0.6 is 11.8 Å². The van der Waals surface area contributed by atoms with Crippen molar-refractivity contribution in [2.75, 3.05) is 12.8 Å². The van der Waals surface area contributed by atoms with Gasteiger partial charge in [-0.3, -0.25) is 0 Å². The van der Waals surface area contributed by atoms with E-state index < -0.39 is 0 Å². The number of methoxy groups -OCH3 is 1. The molecule has 0 aliphatic rings. The molecule has 0 saturated heterocycles. The molecule has 0 spiro atoms.